The summed E-state index contributed by atoms with van der Waals surface area (Å²) in [5, 5.41) is 14.3. The van der Waals surface area contributed by atoms with Crippen LogP contribution in [0.1, 0.15) is 55.5 Å². The molecule has 1 aliphatic rings. The molecule has 2 heterocycles. The van der Waals surface area contributed by atoms with Crippen LogP contribution in [-0.4, -0.2) is 27.6 Å². The molecule has 1 aromatic carbocycles. The highest BCUT2D eigenvalue weighted by Crippen LogP contribution is 2.33. The molecule has 1 saturated carbocycles. The van der Waals surface area contributed by atoms with Gasteiger partial charge in [-0.05, 0) is 76.1 Å². The number of hydrogen-bond donors (Lipinski definition) is 2. The molecule has 1 fully saturated rings. The van der Waals surface area contributed by atoms with E-state index in [2.05, 4.69) is 10.3 Å². The Morgan fingerprint density at radius 1 is 1.14 bits per heavy atom. The van der Waals surface area contributed by atoms with Crippen molar-refractivity contribution in [2.75, 3.05) is 0 Å². The van der Waals surface area contributed by atoms with Gasteiger partial charge in [-0.1, -0.05) is 12.1 Å². The fourth-order valence-electron chi connectivity index (χ4n) is 4.35. The lowest BCUT2D eigenvalue weighted by atomic mass is 9.77. The first-order chi connectivity index (χ1) is 13.8. The first-order valence-corrected chi connectivity index (χ1v) is 10.3. The normalized spacial score (nSPS) is 20.0. The van der Waals surface area contributed by atoms with Crippen LogP contribution in [0.15, 0.2) is 47.2 Å². The molecule has 0 atom stereocenters. The molecule has 0 spiro atoms. The summed E-state index contributed by atoms with van der Waals surface area (Å²) in [7, 11) is 0. The lowest BCUT2D eigenvalue weighted by Crippen LogP contribution is -2.41. The highest BCUT2D eigenvalue weighted by molar-refractivity contribution is 5.97. The number of pyridine rings is 1. The minimum atomic E-state index is -0.644. The number of hydrogen-bond acceptors (Lipinski definition) is 4. The summed E-state index contributed by atoms with van der Waals surface area (Å²) in [4.78, 5) is 17.2. The van der Waals surface area contributed by atoms with Crippen LogP contribution in [0.3, 0.4) is 0 Å². The van der Waals surface area contributed by atoms with Crippen LogP contribution in [0, 0.1) is 12.8 Å². The van der Waals surface area contributed by atoms with Crippen molar-refractivity contribution < 1.29 is 14.3 Å². The minimum absolute atomic E-state index is 0.0473. The maximum absolute atomic E-state index is 12.7. The van der Waals surface area contributed by atoms with Gasteiger partial charge in [0.1, 0.15) is 5.58 Å². The largest absolute Gasteiger partial charge is 0.464 e. The SMILES string of the molecule is Cc1coc2ccnc(-c3ccc(C(=O)NC4CCC(C(C)(C)O)CC4)cc3)c12. The summed E-state index contributed by atoms with van der Waals surface area (Å²) in [5.41, 5.74) is 3.69. The van der Waals surface area contributed by atoms with E-state index in [1.54, 1.807) is 12.5 Å². The Bertz CT molecular complexity index is 1010. The van der Waals surface area contributed by atoms with Gasteiger partial charge in [-0.25, -0.2) is 0 Å². The lowest BCUT2D eigenvalue weighted by Gasteiger charge is -2.36. The quantitative estimate of drug-likeness (QED) is 0.665. The number of aliphatic hydroxyl groups is 1. The first kappa shape index (κ1) is 19.6. The van der Waals surface area contributed by atoms with Gasteiger partial charge in [0.2, 0.25) is 0 Å². The molecule has 0 bridgehead atoms. The summed E-state index contributed by atoms with van der Waals surface area (Å²) in [6.45, 7) is 5.75. The summed E-state index contributed by atoms with van der Waals surface area (Å²) in [5.74, 6) is 0.255. The van der Waals surface area contributed by atoms with Crippen LogP contribution in [0.5, 0.6) is 0 Å². The molecule has 0 saturated heterocycles. The summed E-state index contributed by atoms with van der Waals surface area (Å²) < 4.78 is 5.57. The van der Waals surface area contributed by atoms with Gasteiger partial charge >= 0.3 is 0 Å². The summed E-state index contributed by atoms with van der Waals surface area (Å²) >= 11 is 0. The molecular weight excluding hydrogens is 364 g/mol. The predicted molar refractivity (Wildman–Crippen MR) is 114 cm³/mol. The van der Waals surface area contributed by atoms with Crippen LogP contribution in [0.2, 0.25) is 0 Å². The number of carbonyl (C=O) groups is 1. The number of aryl methyl sites for hydroxylation is 1. The topological polar surface area (TPSA) is 75.4 Å². The van der Waals surface area contributed by atoms with Crippen LogP contribution < -0.4 is 5.32 Å². The third kappa shape index (κ3) is 4.06. The van der Waals surface area contributed by atoms with E-state index in [0.717, 1.165) is 53.5 Å². The Labute approximate surface area is 171 Å². The molecule has 2 aromatic heterocycles. The van der Waals surface area contributed by atoms with Crippen molar-refractivity contribution in [3.8, 4) is 11.3 Å². The molecule has 29 heavy (non-hydrogen) atoms. The van der Waals surface area contributed by atoms with E-state index in [1.165, 1.54) is 0 Å². The van der Waals surface area contributed by atoms with Gasteiger partial charge in [-0.2, -0.15) is 0 Å². The van der Waals surface area contributed by atoms with Gasteiger partial charge in [-0.15, -0.1) is 0 Å². The summed E-state index contributed by atoms with van der Waals surface area (Å²) in [6.07, 6.45) is 7.17. The number of furan rings is 1. The average molecular weight is 392 g/mol. The molecule has 1 aliphatic carbocycles. The van der Waals surface area contributed by atoms with Crippen molar-refractivity contribution in [3.63, 3.8) is 0 Å². The standard InChI is InChI=1S/C24H28N2O3/c1-15-14-29-20-12-13-25-22(21(15)20)16-4-6-17(7-5-16)23(27)26-19-10-8-18(9-11-19)24(2,3)28/h4-7,12-14,18-19,28H,8-11H2,1-3H3,(H,26,27). The van der Waals surface area contributed by atoms with Gasteiger partial charge in [0.05, 0.1) is 17.6 Å². The highest BCUT2D eigenvalue weighted by atomic mass is 16.3. The fourth-order valence-corrected chi connectivity index (χ4v) is 4.35. The Hall–Kier alpha value is -2.66. The third-order valence-electron chi connectivity index (χ3n) is 6.15. The van der Waals surface area contributed by atoms with Crippen molar-refractivity contribution in [1.82, 2.24) is 10.3 Å². The van der Waals surface area contributed by atoms with Gasteiger partial charge < -0.3 is 14.8 Å². The molecule has 1 amide bonds. The number of fused-ring (bicyclic) bond motifs is 1. The fraction of sp³-hybridized carbons (Fsp3) is 0.417. The van der Waals surface area contributed by atoms with Crippen molar-refractivity contribution >= 4 is 16.9 Å². The smallest absolute Gasteiger partial charge is 0.251 e. The molecule has 5 heteroatoms. The molecule has 3 aromatic rings. The van der Waals surface area contributed by atoms with Gasteiger partial charge in [0.15, 0.2) is 0 Å². The van der Waals surface area contributed by atoms with E-state index in [-0.39, 0.29) is 11.9 Å². The third-order valence-corrected chi connectivity index (χ3v) is 6.15. The number of amides is 1. The molecule has 4 rings (SSSR count). The minimum Gasteiger partial charge on any atom is -0.464 e. The van der Waals surface area contributed by atoms with E-state index in [9.17, 15) is 9.90 Å². The zero-order valence-electron chi connectivity index (χ0n) is 17.2. The molecule has 0 aliphatic heterocycles. The second-order valence-corrected chi connectivity index (χ2v) is 8.70. The predicted octanol–water partition coefficient (Wildman–Crippen LogP) is 4.86. The van der Waals surface area contributed by atoms with Crippen molar-refractivity contribution in [2.45, 2.75) is 58.1 Å². The average Bonchev–Trinajstić information content (AvgIpc) is 3.09. The summed E-state index contributed by atoms with van der Waals surface area (Å²) in [6, 6.07) is 9.61. The van der Waals surface area contributed by atoms with E-state index in [0.29, 0.717) is 11.5 Å². The first-order valence-electron chi connectivity index (χ1n) is 10.3. The van der Waals surface area contributed by atoms with E-state index in [4.69, 9.17) is 4.42 Å². The number of aromatic nitrogens is 1. The van der Waals surface area contributed by atoms with Crippen molar-refractivity contribution in [3.05, 3.63) is 53.9 Å². The molecular formula is C24H28N2O3. The Kier molecular flexibility index (Phi) is 5.17. The lowest BCUT2D eigenvalue weighted by molar-refractivity contribution is -0.00257. The molecule has 0 radical (unpaired) electrons. The van der Waals surface area contributed by atoms with Gasteiger partial charge in [0, 0.05) is 28.8 Å². The van der Waals surface area contributed by atoms with E-state index >= 15 is 0 Å². The van der Waals surface area contributed by atoms with Crippen molar-refractivity contribution in [1.29, 1.82) is 0 Å². The second-order valence-electron chi connectivity index (χ2n) is 8.70. The van der Waals surface area contributed by atoms with Gasteiger partial charge in [0.25, 0.3) is 5.91 Å². The van der Waals surface area contributed by atoms with Crippen LogP contribution >= 0.6 is 0 Å². The van der Waals surface area contributed by atoms with Gasteiger partial charge in [-0.3, -0.25) is 9.78 Å². The number of nitrogens with zero attached hydrogens (tertiary/aromatic N) is 1. The van der Waals surface area contributed by atoms with Crippen LogP contribution in [0.4, 0.5) is 0 Å². The van der Waals surface area contributed by atoms with Crippen LogP contribution in [-0.2, 0) is 0 Å². The zero-order valence-corrected chi connectivity index (χ0v) is 17.2. The maximum Gasteiger partial charge on any atom is 0.251 e. The van der Waals surface area contributed by atoms with Crippen molar-refractivity contribution in [2.24, 2.45) is 5.92 Å². The van der Waals surface area contributed by atoms with E-state index < -0.39 is 5.60 Å². The molecule has 152 valence electrons. The second kappa shape index (κ2) is 7.64. The number of carbonyl (C=O) groups excluding carboxylic acids is 1. The maximum atomic E-state index is 12.7. The monoisotopic (exact) mass is 392 g/mol. The number of benzene rings is 1. The Morgan fingerprint density at radius 3 is 2.48 bits per heavy atom. The zero-order chi connectivity index (χ0) is 20.6. The van der Waals surface area contributed by atoms with E-state index in [1.807, 2.05) is 51.1 Å². The Balaban J connectivity index is 1.44. The molecule has 0 unspecified atom stereocenters. The highest BCUT2D eigenvalue weighted by Gasteiger charge is 2.31. The molecule has 5 nitrogen and oxygen atoms in total. The molecule has 2 N–H and O–H groups in total. The Morgan fingerprint density at radius 2 is 1.83 bits per heavy atom. The number of nitrogens with one attached hydrogen (secondary N) is 1. The van der Waals surface area contributed by atoms with Crippen LogP contribution in [0.25, 0.3) is 22.2 Å². The number of rotatable bonds is 4.